The van der Waals surface area contributed by atoms with Gasteiger partial charge in [-0.15, -0.1) is 0 Å². The third-order valence-electron chi connectivity index (χ3n) is 7.53. The van der Waals surface area contributed by atoms with Crippen molar-refractivity contribution in [3.63, 3.8) is 0 Å². The van der Waals surface area contributed by atoms with Crippen molar-refractivity contribution < 1.29 is 23.0 Å². The second-order valence-corrected chi connectivity index (χ2v) is 12.3. The number of fused-ring (bicyclic) bond motifs is 1. The van der Waals surface area contributed by atoms with Crippen molar-refractivity contribution in [1.82, 2.24) is 3.97 Å². The lowest BCUT2D eigenvalue weighted by molar-refractivity contribution is 0.282. The molecule has 1 heterocycles. The lowest BCUT2D eigenvalue weighted by Crippen LogP contribution is -2.11. The van der Waals surface area contributed by atoms with Crippen LogP contribution >= 0.6 is 0 Å². The molecule has 3 rings (SSSR count). The maximum Gasteiger partial charge on any atom is 0.268 e. The fraction of sp³-hybridized carbons (Fsp3) is 0.562. The molecule has 2 aromatic carbocycles. The van der Waals surface area contributed by atoms with Gasteiger partial charge in [-0.2, -0.15) is 0 Å². The first-order valence-electron chi connectivity index (χ1n) is 14.7. The summed E-state index contributed by atoms with van der Waals surface area (Å²) >= 11 is 0. The molecule has 216 valence electrons. The van der Waals surface area contributed by atoms with Crippen molar-refractivity contribution in [2.24, 2.45) is 0 Å². The minimum atomic E-state index is -3.74. The van der Waals surface area contributed by atoms with Crippen LogP contribution in [0.15, 0.2) is 53.6 Å². The molecule has 0 unspecified atom stereocenters. The lowest BCUT2D eigenvalue weighted by Gasteiger charge is -2.09. The Balaban J connectivity index is 1.47. The third kappa shape index (κ3) is 9.28. The molecule has 0 aliphatic heterocycles. The molecule has 7 heteroatoms. The average Bonchev–Trinajstić information content (AvgIpc) is 3.33. The Kier molecular flexibility index (Phi) is 13.2. The highest BCUT2D eigenvalue weighted by molar-refractivity contribution is 7.90. The predicted molar refractivity (Wildman–Crippen MR) is 159 cm³/mol. The van der Waals surface area contributed by atoms with E-state index < -0.39 is 10.0 Å². The Morgan fingerprint density at radius 3 is 1.67 bits per heavy atom. The van der Waals surface area contributed by atoms with Crippen LogP contribution in [0.4, 0.5) is 0 Å². The second-order valence-electron chi connectivity index (χ2n) is 10.4. The summed E-state index contributed by atoms with van der Waals surface area (Å²) < 4.78 is 39.1. The fourth-order valence-corrected chi connectivity index (χ4v) is 6.57. The molecule has 0 atom stereocenters. The minimum Gasteiger partial charge on any atom is -0.497 e. The molecule has 0 spiro atoms. The Bertz CT molecular complexity index is 1220. The minimum absolute atomic E-state index is 0.237. The molecule has 0 aliphatic rings. The Labute approximate surface area is 235 Å². The van der Waals surface area contributed by atoms with Gasteiger partial charge in [-0.1, -0.05) is 77.0 Å². The van der Waals surface area contributed by atoms with Crippen LogP contribution in [0.1, 0.15) is 95.5 Å². The van der Waals surface area contributed by atoms with E-state index in [-0.39, 0.29) is 4.90 Å². The van der Waals surface area contributed by atoms with E-state index in [0.717, 1.165) is 48.8 Å². The maximum atomic E-state index is 13.5. The van der Waals surface area contributed by atoms with Crippen LogP contribution in [0.25, 0.3) is 10.9 Å². The van der Waals surface area contributed by atoms with Gasteiger partial charge in [0, 0.05) is 18.2 Å². The number of unbranched alkanes of at least 4 members (excludes halogenated alkanes) is 13. The first kappa shape index (κ1) is 31.0. The van der Waals surface area contributed by atoms with Crippen LogP contribution in [0.5, 0.6) is 11.5 Å². The SMILES string of the molecule is COc1ccc(S(=O)(=O)n2cc(CCCCCCCCCCCCCCCCO)c3cc(OC)ccc32)cc1. The van der Waals surface area contributed by atoms with E-state index in [9.17, 15) is 8.42 Å². The van der Waals surface area contributed by atoms with Crippen molar-refractivity contribution in [1.29, 1.82) is 0 Å². The zero-order chi connectivity index (χ0) is 27.9. The van der Waals surface area contributed by atoms with Gasteiger partial charge in [0.1, 0.15) is 11.5 Å². The van der Waals surface area contributed by atoms with Gasteiger partial charge in [0.25, 0.3) is 10.0 Å². The standard InChI is InChI=1S/C32H47NO5S/c1-37-28-18-21-30(22-19-28)39(35,36)33-26-27(31-25-29(38-2)20-23-32(31)33)17-15-13-11-9-7-5-3-4-6-8-10-12-14-16-24-34/h18-23,25-26,34H,3-17,24H2,1-2H3. The van der Waals surface area contributed by atoms with Crippen molar-refractivity contribution in [3.05, 3.63) is 54.2 Å². The lowest BCUT2D eigenvalue weighted by atomic mass is 10.0. The van der Waals surface area contributed by atoms with Crippen LogP contribution < -0.4 is 9.47 Å². The number of hydrogen-bond donors (Lipinski definition) is 1. The highest BCUT2D eigenvalue weighted by Gasteiger charge is 2.21. The molecule has 39 heavy (non-hydrogen) atoms. The van der Waals surface area contributed by atoms with E-state index in [2.05, 4.69) is 0 Å². The summed E-state index contributed by atoms with van der Waals surface area (Å²) in [6.45, 7) is 0.329. The van der Waals surface area contributed by atoms with Gasteiger partial charge < -0.3 is 14.6 Å². The van der Waals surface area contributed by atoms with E-state index in [1.54, 1.807) is 44.7 Å². The first-order valence-corrected chi connectivity index (χ1v) is 16.1. The van der Waals surface area contributed by atoms with Crippen molar-refractivity contribution in [2.75, 3.05) is 20.8 Å². The van der Waals surface area contributed by atoms with Gasteiger partial charge in [-0.3, -0.25) is 0 Å². The quantitative estimate of drug-likeness (QED) is 0.143. The van der Waals surface area contributed by atoms with E-state index in [4.69, 9.17) is 14.6 Å². The molecular formula is C32H47NO5S. The summed E-state index contributed by atoms with van der Waals surface area (Å²) in [7, 11) is -0.541. The van der Waals surface area contributed by atoms with Crippen molar-refractivity contribution in [3.8, 4) is 11.5 Å². The molecule has 0 amide bonds. The summed E-state index contributed by atoms with van der Waals surface area (Å²) in [4.78, 5) is 0.237. The topological polar surface area (TPSA) is 77.8 Å². The van der Waals surface area contributed by atoms with Gasteiger partial charge in [0.05, 0.1) is 24.6 Å². The number of methoxy groups -OCH3 is 2. The summed E-state index contributed by atoms with van der Waals surface area (Å²) in [6.07, 6.45) is 19.9. The largest absolute Gasteiger partial charge is 0.497 e. The molecule has 1 N–H and O–H groups in total. The van der Waals surface area contributed by atoms with E-state index in [1.807, 2.05) is 18.2 Å². The second kappa shape index (κ2) is 16.6. The van der Waals surface area contributed by atoms with Crippen LogP contribution in [0.3, 0.4) is 0 Å². The van der Waals surface area contributed by atoms with Gasteiger partial charge in [-0.25, -0.2) is 12.4 Å². The average molecular weight is 558 g/mol. The molecule has 0 saturated carbocycles. The number of aliphatic hydroxyl groups excluding tert-OH is 1. The Hall–Kier alpha value is -2.51. The molecule has 0 saturated heterocycles. The molecule has 0 radical (unpaired) electrons. The molecule has 1 aromatic heterocycles. The number of ether oxygens (including phenoxy) is 2. The molecule has 6 nitrogen and oxygen atoms in total. The summed E-state index contributed by atoms with van der Waals surface area (Å²) in [6, 6.07) is 12.1. The zero-order valence-electron chi connectivity index (χ0n) is 23.9. The number of rotatable bonds is 20. The van der Waals surface area contributed by atoms with Crippen molar-refractivity contribution in [2.45, 2.75) is 101 Å². The Morgan fingerprint density at radius 1 is 0.667 bits per heavy atom. The van der Waals surface area contributed by atoms with E-state index in [1.165, 1.54) is 68.2 Å². The molecule has 3 aromatic rings. The maximum absolute atomic E-state index is 13.5. The van der Waals surface area contributed by atoms with Gasteiger partial charge in [0.15, 0.2) is 0 Å². The fourth-order valence-electron chi connectivity index (χ4n) is 5.18. The molecule has 0 bridgehead atoms. The number of aromatic nitrogens is 1. The van der Waals surface area contributed by atoms with E-state index in [0.29, 0.717) is 17.9 Å². The molecule has 0 fully saturated rings. The number of nitrogens with zero attached hydrogens (tertiary/aromatic N) is 1. The smallest absolute Gasteiger partial charge is 0.268 e. The Morgan fingerprint density at radius 2 is 1.15 bits per heavy atom. The monoisotopic (exact) mass is 557 g/mol. The van der Waals surface area contributed by atoms with Crippen LogP contribution in [0.2, 0.25) is 0 Å². The van der Waals surface area contributed by atoms with Gasteiger partial charge >= 0.3 is 0 Å². The highest BCUT2D eigenvalue weighted by Crippen LogP contribution is 2.31. The number of benzene rings is 2. The highest BCUT2D eigenvalue weighted by atomic mass is 32.2. The predicted octanol–water partition coefficient (Wildman–Crippen LogP) is 7.89. The summed E-state index contributed by atoms with van der Waals surface area (Å²) in [5.74, 6) is 1.35. The summed E-state index contributed by atoms with van der Waals surface area (Å²) in [5.41, 5.74) is 1.71. The summed E-state index contributed by atoms with van der Waals surface area (Å²) in [5, 5.41) is 9.74. The number of aliphatic hydroxyl groups is 1. The van der Waals surface area contributed by atoms with Crippen molar-refractivity contribution >= 4 is 20.9 Å². The van der Waals surface area contributed by atoms with Crippen LogP contribution in [-0.2, 0) is 16.4 Å². The number of aryl methyl sites for hydroxylation is 1. The van der Waals surface area contributed by atoms with Crippen LogP contribution in [0, 0.1) is 0 Å². The van der Waals surface area contributed by atoms with Gasteiger partial charge in [-0.05, 0) is 67.3 Å². The van der Waals surface area contributed by atoms with E-state index >= 15 is 0 Å². The number of hydrogen-bond acceptors (Lipinski definition) is 5. The van der Waals surface area contributed by atoms with Gasteiger partial charge in [0.2, 0.25) is 0 Å². The zero-order valence-corrected chi connectivity index (χ0v) is 24.7. The molecular weight excluding hydrogens is 510 g/mol. The van der Waals surface area contributed by atoms with Crippen LogP contribution in [-0.4, -0.2) is 38.3 Å². The normalized spacial score (nSPS) is 11.8. The third-order valence-corrected chi connectivity index (χ3v) is 9.22. The first-order chi connectivity index (χ1) is 19.0. The molecule has 0 aliphatic carbocycles.